The Hall–Kier alpha value is -3.33. The molecule has 28 heavy (non-hydrogen) atoms. The zero-order valence-electron chi connectivity index (χ0n) is 15.1. The zero-order chi connectivity index (χ0) is 20.1. The van der Waals surface area contributed by atoms with Crippen LogP contribution in [0.15, 0.2) is 52.0 Å². The van der Waals surface area contributed by atoms with Crippen molar-refractivity contribution in [2.24, 2.45) is 5.10 Å². The first-order valence-corrected chi connectivity index (χ1v) is 8.91. The third-order valence-corrected chi connectivity index (χ3v) is 4.35. The molecular weight excluding hydrogens is 428 g/mol. The van der Waals surface area contributed by atoms with Crippen LogP contribution in [-0.2, 0) is 0 Å². The Morgan fingerprint density at radius 3 is 2.71 bits per heavy atom. The summed E-state index contributed by atoms with van der Waals surface area (Å²) < 4.78 is 11.3. The second-order valence-electron chi connectivity index (χ2n) is 5.64. The van der Waals surface area contributed by atoms with Gasteiger partial charge in [0.05, 0.1) is 26.1 Å². The number of H-pyrrole nitrogens is 1. The number of ether oxygens (including phenoxy) is 2. The van der Waals surface area contributed by atoms with Crippen molar-refractivity contribution < 1.29 is 19.4 Å². The minimum absolute atomic E-state index is 0.0541. The van der Waals surface area contributed by atoms with Crippen molar-refractivity contribution >= 4 is 28.1 Å². The lowest BCUT2D eigenvalue weighted by Crippen LogP contribution is -2.18. The fourth-order valence-electron chi connectivity index (χ4n) is 2.43. The molecule has 0 aliphatic carbocycles. The third-order valence-electron chi connectivity index (χ3n) is 3.86. The van der Waals surface area contributed by atoms with Crippen LogP contribution < -0.4 is 14.9 Å². The van der Waals surface area contributed by atoms with Gasteiger partial charge < -0.3 is 14.6 Å². The van der Waals surface area contributed by atoms with Crippen LogP contribution in [0.3, 0.4) is 0 Å². The number of rotatable bonds is 6. The fourth-order valence-corrected chi connectivity index (χ4v) is 2.81. The van der Waals surface area contributed by atoms with E-state index in [1.807, 2.05) is 6.07 Å². The molecule has 0 saturated carbocycles. The van der Waals surface area contributed by atoms with E-state index >= 15 is 0 Å². The van der Waals surface area contributed by atoms with E-state index in [-0.39, 0.29) is 11.4 Å². The Labute approximate surface area is 169 Å². The van der Waals surface area contributed by atoms with Crippen molar-refractivity contribution in [1.82, 2.24) is 15.6 Å². The van der Waals surface area contributed by atoms with Crippen LogP contribution in [0.5, 0.6) is 17.2 Å². The van der Waals surface area contributed by atoms with Gasteiger partial charge in [0.1, 0.15) is 11.4 Å². The van der Waals surface area contributed by atoms with Crippen LogP contribution in [0, 0.1) is 0 Å². The number of aromatic amines is 1. The van der Waals surface area contributed by atoms with Gasteiger partial charge in [-0.1, -0.05) is 15.9 Å². The number of benzene rings is 2. The highest BCUT2D eigenvalue weighted by atomic mass is 79.9. The number of nitrogens with one attached hydrogen (secondary N) is 2. The minimum Gasteiger partial charge on any atom is -0.507 e. The number of amides is 1. The van der Waals surface area contributed by atoms with E-state index in [1.165, 1.54) is 12.3 Å². The van der Waals surface area contributed by atoms with Gasteiger partial charge in [0.25, 0.3) is 5.91 Å². The van der Waals surface area contributed by atoms with Gasteiger partial charge in [0, 0.05) is 15.6 Å². The predicted octanol–water partition coefficient (Wildman–Crippen LogP) is 3.33. The summed E-state index contributed by atoms with van der Waals surface area (Å²) in [6.07, 6.45) is 1.35. The molecule has 2 aromatic carbocycles. The smallest absolute Gasteiger partial charge is 0.289 e. The summed E-state index contributed by atoms with van der Waals surface area (Å²) in [4.78, 5) is 12.2. The molecule has 0 saturated heterocycles. The van der Waals surface area contributed by atoms with Crippen molar-refractivity contribution in [3.63, 3.8) is 0 Å². The number of phenolic OH excluding ortho intramolecular Hbond substituents is 1. The number of phenols is 1. The lowest BCUT2D eigenvalue weighted by Gasteiger charge is -2.08. The number of hydrogen-bond acceptors (Lipinski definition) is 6. The van der Waals surface area contributed by atoms with Gasteiger partial charge in [-0.05, 0) is 42.5 Å². The highest BCUT2D eigenvalue weighted by Crippen LogP contribution is 2.31. The number of carbonyl (C=O) groups is 1. The topological polar surface area (TPSA) is 109 Å². The van der Waals surface area contributed by atoms with Crippen LogP contribution in [-0.4, -0.2) is 41.6 Å². The van der Waals surface area contributed by atoms with E-state index in [2.05, 4.69) is 36.7 Å². The van der Waals surface area contributed by atoms with E-state index in [0.717, 1.165) is 10.0 Å². The average molecular weight is 445 g/mol. The maximum absolute atomic E-state index is 12.2. The molecule has 0 atom stereocenters. The Morgan fingerprint density at radius 2 is 1.96 bits per heavy atom. The van der Waals surface area contributed by atoms with Gasteiger partial charge in [0.15, 0.2) is 11.5 Å². The monoisotopic (exact) mass is 444 g/mol. The van der Waals surface area contributed by atoms with E-state index in [4.69, 9.17) is 9.47 Å². The van der Waals surface area contributed by atoms with Crippen LogP contribution >= 0.6 is 15.9 Å². The van der Waals surface area contributed by atoms with Gasteiger partial charge in [-0.3, -0.25) is 9.89 Å². The summed E-state index contributed by atoms with van der Waals surface area (Å²) in [5, 5.41) is 20.5. The summed E-state index contributed by atoms with van der Waals surface area (Å²) in [6.45, 7) is 0. The Morgan fingerprint density at radius 1 is 1.18 bits per heavy atom. The first-order chi connectivity index (χ1) is 13.5. The summed E-state index contributed by atoms with van der Waals surface area (Å²) >= 11 is 3.31. The highest BCUT2D eigenvalue weighted by molar-refractivity contribution is 9.10. The van der Waals surface area contributed by atoms with Crippen molar-refractivity contribution in [2.45, 2.75) is 0 Å². The van der Waals surface area contributed by atoms with Crippen molar-refractivity contribution in [1.29, 1.82) is 0 Å². The van der Waals surface area contributed by atoms with E-state index in [1.54, 1.807) is 44.6 Å². The predicted molar refractivity (Wildman–Crippen MR) is 108 cm³/mol. The number of halogens is 1. The number of carbonyl (C=O) groups excluding carboxylic acids is 1. The number of methoxy groups -OCH3 is 2. The highest BCUT2D eigenvalue weighted by Gasteiger charge is 2.12. The molecule has 1 amide bonds. The third kappa shape index (κ3) is 4.32. The van der Waals surface area contributed by atoms with Gasteiger partial charge in [0.2, 0.25) is 0 Å². The minimum atomic E-state index is -0.468. The SMILES string of the molecule is COc1ccc(-c2cc(C(=O)N/N=C\c3cc(Br)ccc3O)[nH]n2)cc1OC. The quantitative estimate of drug-likeness (QED) is 0.399. The maximum Gasteiger partial charge on any atom is 0.289 e. The van der Waals surface area contributed by atoms with E-state index < -0.39 is 5.91 Å². The maximum atomic E-state index is 12.2. The first kappa shape index (κ1) is 19.4. The Balaban J connectivity index is 1.72. The molecule has 0 unspecified atom stereocenters. The molecule has 0 spiro atoms. The second kappa shape index (κ2) is 8.57. The van der Waals surface area contributed by atoms with Gasteiger partial charge >= 0.3 is 0 Å². The molecule has 0 bridgehead atoms. The number of hydrazone groups is 1. The molecule has 0 aliphatic rings. The van der Waals surface area contributed by atoms with Crippen LogP contribution in [0.25, 0.3) is 11.3 Å². The molecule has 3 rings (SSSR count). The van der Waals surface area contributed by atoms with Crippen LogP contribution in [0.1, 0.15) is 16.1 Å². The fraction of sp³-hybridized carbons (Fsp3) is 0.105. The second-order valence-corrected chi connectivity index (χ2v) is 6.55. The normalized spacial score (nSPS) is 10.8. The van der Waals surface area contributed by atoms with Gasteiger partial charge in [-0.25, -0.2) is 5.43 Å². The average Bonchev–Trinajstić information content (AvgIpc) is 3.20. The van der Waals surface area contributed by atoms with Crippen molar-refractivity contribution in [3.05, 3.63) is 58.2 Å². The molecule has 0 radical (unpaired) electrons. The molecule has 3 N–H and O–H groups in total. The molecule has 3 aromatic rings. The van der Waals surface area contributed by atoms with Crippen LogP contribution in [0.4, 0.5) is 0 Å². The Kier molecular flexibility index (Phi) is 5.95. The zero-order valence-corrected chi connectivity index (χ0v) is 16.6. The van der Waals surface area contributed by atoms with E-state index in [9.17, 15) is 9.90 Å². The molecule has 9 heteroatoms. The summed E-state index contributed by atoms with van der Waals surface area (Å²) in [7, 11) is 3.11. The molecule has 1 aromatic heterocycles. The lowest BCUT2D eigenvalue weighted by atomic mass is 10.1. The van der Waals surface area contributed by atoms with E-state index in [0.29, 0.717) is 22.8 Å². The summed E-state index contributed by atoms with van der Waals surface area (Å²) in [5.74, 6) is 0.751. The van der Waals surface area contributed by atoms with Crippen molar-refractivity contribution in [2.75, 3.05) is 14.2 Å². The molecular formula is C19H17BrN4O4. The van der Waals surface area contributed by atoms with Gasteiger partial charge in [-0.15, -0.1) is 0 Å². The van der Waals surface area contributed by atoms with Crippen LogP contribution in [0.2, 0.25) is 0 Å². The molecule has 1 heterocycles. The molecule has 0 fully saturated rings. The number of aromatic hydroxyl groups is 1. The standard InChI is InChI=1S/C19H17BrN4O4/c1-27-17-6-3-11(8-18(17)28-2)14-9-15(23-22-14)19(26)24-21-10-12-7-13(20)4-5-16(12)25/h3-10,25H,1-2H3,(H,22,23)(H,24,26)/b21-10-. The lowest BCUT2D eigenvalue weighted by molar-refractivity contribution is 0.0950. The summed E-state index contributed by atoms with van der Waals surface area (Å²) in [6, 6.07) is 11.8. The van der Waals surface area contributed by atoms with Gasteiger partial charge in [-0.2, -0.15) is 10.2 Å². The summed E-state index contributed by atoms with van der Waals surface area (Å²) in [5.41, 5.74) is 4.42. The Bertz CT molecular complexity index is 1030. The molecule has 0 aliphatic heterocycles. The number of nitrogens with zero attached hydrogens (tertiary/aromatic N) is 2. The number of hydrogen-bond donors (Lipinski definition) is 3. The van der Waals surface area contributed by atoms with Crippen molar-refractivity contribution in [3.8, 4) is 28.5 Å². The molecule has 144 valence electrons. The molecule has 8 nitrogen and oxygen atoms in total. The largest absolute Gasteiger partial charge is 0.507 e. The number of aromatic nitrogens is 2. The first-order valence-electron chi connectivity index (χ1n) is 8.11.